The van der Waals surface area contributed by atoms with E-state index in [9.17, 15) is 27.1 Å². The van der Waals surface area contributed by atoms with Crippen LogP contribution in [0.4, 0.5) is 14.5 Å². The Morgan fingerprint density at radius 3 is 2.79 bits per heavy atom. The second-order valence-electron chi connectivity index (χ2n) is 9.35. The molecule has 1 aliphatic carbocycles. The molecule has 182 valence electrons. The lowest BCUT2D eigenvalue weighted by atomic mass is 9.98. The van der Waals surface area contributed by atoms with Crippen molar-refractivity contribution in [3.63, 3.8) is 0 Å². The van der Waals surface area contributed by atoms with E-state index in [1.807, 2.05) is 0 Å². The summed E-state index contributed by atoms with van der Waals surface area (Å²) >= 11 is 0. The fourth-order valence-electron chi connectivity index (χ4n) is 5.25. The number of carboxylic acid groups (broad SMARTS) is 1. The van der Waals surface area contributed by atoms with Crippen molar-refractivity contribution < 1.29 is 31.8 Å². The van der Waals surface area contributed by atoms with Gasteiger partial charge in [-0.25, -0.2) is 22.0 Å². The van der Waals surface area contributed by atoms with E-state index in [1.165, 1.54) is 12.1 Å². The van der Waals surface area contributed by atoms with Crippen LogP contribution in [-0.2, 0) is 16.4 Å². The lowest BCUT2D eigenvalue weighted by Gasteiger charge is -2.22. The molecule has 2 fully saturated rings. The normalized spacial score (nSPS) is 23.7. The molecule has 2 heterocycles. The van der Waals surface area contributed by atoms with E-state index in [0.717, 1.165) is 38.2 Å². The maximum absolute atomic E-state index is 14.9. The van der Waals surface area contributed by atoms with Gasteiger partial charge in [-0.2, -0.15) is 0 Å². The molecule has 3 atom stereocenters. The van der Waals surface area contributed by atoms with Crippen molar-refractivity contribution in [1.29, 1.82) is 0 Å². The summed E-state index contributed by atoms with van der Waals surface area (Å²) in [6, 6.07) is 4.32. The molecule has 0 amide bonds. The Bertz CT molecular complexity index is 1270. The highest BCUT2D eigenvalue weighted by Crippen LogP contribution is 2.56. The van der Waals surface area contributed by atoms with Crippen molar-refractivity contribution in [2.24, 2.45) is 11.8 Å². The lowest BCUT2D eigenvalue weighted by molar-refractivity contribution is 0.0692. The van der Waals surface area contributed by atoms with Gasteiger partial charge in [0, 0.05) is 18.0 Å². The maximum atomic E-state index is 14.9. The number of carbonyl (C=O) groups is 1. The minimum Gasteiger partial charge on any atom is -0.492 e. The summed E-state index contributed by atoms with van der Waals surface area (Å²) in [5, 5.41) is 9.82. The van der Waals surface area contributed by atoms with Gasteiger partial charge in [0.2, 0.25) is 0 Å². The molecule has 0 radical (unpaired) electrons. The van der Waals surface area contributed by atoms with Gasteiger partial charge in [-0.3, -0.25) is 4.72 Å². The minimum atomic E-state index is -4.34. The van der Waals surface area contributed by atoms with Crippen LogP contribution < -0.4 is 9.46 Å². The van der Waals surface area contributed by atoms with Gasteiger partial charge >= 0.3 is 5.97 Å². The van der Waals surface area contributed by atoms with Crippen LogP contribution in [0.5, 0.6) is 5.75 Å². The molecule has 1 saturated carbocycles. The molecule has 1 saturated heterocycles. The van der Waals surface area contributed by atoms with Crippen molar-refractivity contribution in [2.75, 3.05) is 31.0 Å². The molecule has 0 aromatic heterocycles. The maximum Gasteiger partial charge on any atom is 0.341 e. The fourth-order valence-corrected chi connectivity index (χ4v) is 6.55. The highest BCUT2D eigenvalue weighted by molar-refractivity contribution is 7.92. The second-order valence-corrected chi connectivity index (χ2v) is 11.0. The molecule has 10 heteroatoms. The molecular formula is C24H26F2N2O5S. The number of hydrogen-bond donors (Lipinski definition) is 2. The molecular weight excluding hydrogens is 466 g/mol. The monoisotopic (exact) mass is 492 g/mol. The second kappa shape index (κ2) is 8.49. The zero-order chi connectivity index (χ0) is 24.2. The van der Waals surface area contributed by atoms with Gasteiger partial charge in [0.25, 0.3) is 10.0 Å². The first-order chi connectivity index (χ1) is 16.2. The molecule has 0 spiro atoms. The number of nitrogens with one attached hydrogen (secondary N) is 1. The van der Waals surface area contributed by atoms with Crippen LogP contribution in [0.3, 0.4) is 0 Å². The number of anilines is 1. The number of nitrogens with zero attached hydrogens (tertiary/aromatic N) is 1. The predicted octanol–water partition coefficient (Wildman–Crippen LogP) is 3.84. The zero-order valence-corrected chi connectivity index (χ0v) is 19.5. The van der Waals surface area contributed by atoms with Gasteiger partial charge in [-0.1, -0.05) is 6.92 Å². The highest BCUT2D eigenvalue weighted by atomic mass is 32.2. The number of sulfonamides is 1. The number of likely N-dealkylation sites (tertiary alicyclic amines) is 1. The van der Waals surface area contributed by atoms with Crippen LogP contribution in [-0.4, -0.2) is 50.6 Å². The van der Waals surface area contributed by atoms with Gasteiger partial charge in [-0.05, 0) is 74.0 Å². The minimum absolute atomic E-state index is 0.106. The number of benzene rings is 2. The Balaban J connectivity index is 1.50. The Morgan fingerprint density at radius 2 is 2.09 bits per heavy atom. The summed E-state index contributed by atoms with van der Waals surface area (Å²) in [6.07, 6.45) is 1.95. The number of rotatable bonds is 7. The Morgan fingerprint density at radius 1 is 1.29 bits per heavy atom. The fraction of sp³-hybridized carbons (Fsp3) is 0.458. The number of carboxylic acids is 1. The van der Waals surface area contributed by atoms with E-state index in [0.29, 0.717) is 18.4 Å². The summed E-state index contributed by atoms with van der Waals surface area (Å²) in [6.45, 7) is 4.90. The van der Waals surface area contributed by atoms with E-state index in [1.54, 1.807) is 0 Å². The highest BCUT2D eigenvalue weighted by Gasteiger charge is 2.47. The summed E-state index contributed by atoms with van der Waals surface area (Å²) in [5.74, 6) is -2.57. The SMILES string of the molecule is CCN1CC[C@@H](Cc2cc(F)ccc2S(=O)(=O)Nc2cc(F)c3c(c2C(=O)O)OCC2CC32)C1. The van der Waals surface area contributed by atoms with Gasteiger partial charge in [0.1, 0.15) is 22.9 Å². The number of aromatic carboxylic acids is 1. The molecule has 2 aromatic rings. The third-order valence-electron chi connectivity index (χ3n) is 7.10. The van der Waals surface area contributed by atoms with E-state index < -0.39 is 38.9 Å². The summed E-state index contributed by atoms with van der Waals surface area (Å²) < 4.78 is 63.5. The summed E-state index contributed by atoms with van der Waals surface area (Å²) in [4.78, 5) is 14.2. The van der Waals surface area contributed by atoms with Crippen LogP contribution >= 0.6 is 0 Å². The quantitative estimate of drug-likeness (QED) is 0.610. The third kappa shape index (κ3) is 4.13. The predicted molar refractivity (Wildman–Crippen MR) is 121 cm³/mol. The average Bonchev–Trinajstić information content (AvgIpc) is 3.42. The molecule has 2 unspecified atom stereocenters. The van der Waals surface area contributed by atoms with E-state index in [2.05, 4.69) is 16.5 Å². The molecule has 3 aliphatic rings. The first-order valence-electron chi connectivity index (χ1n) is 11.4. The van der Waals surface area contributed by atoms with Crippen LogP contribution in [0.15, 0.2) is 29.2 Å². The summed E-state index contributed by atoms with van der Waals surface area (Å²) in [7, 11) is -4.34. The molecule has 34 heavy (non-hydrogen) atoms. The zero-order valence-electron chi connectivity index (χ0n) is 18.7. The van der Waals surface area contributed by atoms with Crippen LogP contribution in [0.2, 0.25) is 0 Å². The average molecular weight is 493 g/mol. The van der Waals surface area contributed by atoms with Gasteiger partial charge in [0.05, 0.1) is 17.2 Å². The Kier molecular flexibility index (Phi) is 5.76. The topological polar surface area (TPSA) is 95.9 Å². The first kappa shape index (κ1) is 23.0. The number of fused-ring (bicyclic) bond motifs is 3. The van der Waals surface area contributed by atoms with Crippen molar-refractivity contribution in [3.8, 4) is 5.75 Å². The first-order valence-corrected chi connectivity index (χ1v) is 12.9. The molecule has 7 nitrogen and oxygen atoms in total. The largest absolute Gasteiger partial charge is 0.492 e. The van der Waals surface area contributed by atoms with Gasteiger partial charge in [0.15, 0.2) is 0 Å². The van der Waals surface area contributed by atoms with Crippen molar-refractivity contribution >= 4 is 21.7 Å². The standard InChI is InChI=1S/C24H26F2N2O5S/c1-2-28-6-5-13(11-28)7-14-8-16(25)3-4-20(14)34(31,32)27-19-10-18(26)21-17-9-15(17)12-33-23(21)22(19)24(29)30/h3-4,8,10,13,15,17,27H,2,5-7,9,11-12H2,1H3,(H,29,30)/t13-,15?,17?/m0/s1. The Hall–Kier alpha value is -2.72. The van der Waals surface area contributed by atoms with Crippen molar-refractivity contribution in [1.82, 2.24) is 4.90 Å². The molecule has 5 rings (SSSR count). The van der Waals surface area contributed by atoms with Crippen LogP contribution in [0.25, 0.3) is 0 Å². The lowest BCUT2D eigenvalue weighted by Crippen LogP contribution is -2.22. The molecule has 0 bridgehead atoms. The van der Waals surface area contributed by atoms with Crippen molar-refractivity contribution in [3.05, 3.63) is 52.6 Å². The van der Waals surface area contributed by atoms with E-state index >= 15 is 0 Å². The van der Waals surface area contributed by atoms with Gasteiger partial charge < -0.3 is 14.7 Å². The van der Waals surface area contributed by atoms with Crippen LogP contribution in [0, 0.1) is 23.5 Å². The molecule has 2 aromatic carbocycles. The van der Waals surface area contributed by atoms with E-state index in [4.69, 9.17) is 4.74 Å². The van der Waals surface area contributed by atoms with Gasteiger partial charge in [-0.15, -0.1) is 0 Å². The van der Waals surface area contributed by atoms with Crippen molar-refractivity contribution in [2.45, 2.75) is 37.0 Å². The number of ether oxygens (including phenoxy) is 1. The van der Waals surface area contributed by atoms with Crippen LogP contribution in [0.1, 0.15) is 47.2 Å². The third-order valence-corrected chi connectivity index (χ3v) is 8.57. The summed E-state index contributed by atoms with van der Waals surface area (Å²) in [5.41, 5.74) is -0.317. The van der Waals surface area contributed by atoms with E-state index in [-0.39, 0.29) is 40.6 Å². The Labute approximate surface area is 196 Å². The number of hydrogen-bond acceptors (Lipinski definition) is 5. The molecule has 2 aliphatic heterocycles. The number of halogens is 2. The molecule has 2 N–H and O–H groups in total. The smallest absolute Gasteiger partial charge is 0.341 e.